The van der Waals surface area contributed by atoms with Gasteiger partial charge in [0.05, 0.1) is 26.6 Å². The molecule has 1 unspecified atom stereocenters. The van der Waals surface area contributed by atoms with Crippen molar-refractivity contribution >= 4 is 44.7 Å². The molecule has 11 nitrogen and oxygen atoms in total. The van der Waals surface area contributed by atoms with Gasteiger partial charge in [0.2, 0.25) is 0 Å². The third-order valence-corrected chi connectivity index (χ3v) is 7.28. The molecule has 2 N–H and O–H groups in total. The fourth-order valence-corrected chi connectivity index (χ4v) is 5.37. The summed E-state index contributed by atoms with van der Waals surface area (Å²) in [6, 6.07) is 6.96. The number of benzene rings is 1. The SMILES string of the molecule is COc1ccc(CN(CC(OS(C)(=O)=O)C2CCN(C(=O)O)CC2)C(=O)c2cc(I)c[nH]2)c(OC)c1. The highest BCUT2D eigenvalue weighted by atomic mass is 127. The van der Waals surface area contributed by atoms with Crippen molar-refractivity contribution in [3.05, 3.63) is 45.3 Å². The number of ether oxygens (including phenoxy) is 2. The maximum Gasteiger partial charge on any atom is 0.407 e. The summed E-state index contributed by atoms with van der Waals surface area (Å²) < 4.78 is 41.4. The molecule has 1 aromatic carbocycles. The molecule has 2 amide bonds. The van der Waals surface area contributed by atoms with Gasteiger partial charge >= 0.3 is 6.09 Å². The minimum absolute atomic E-state index is 0.0194. The minimum Gasteiger partial charge on any atom is -0.497 e. The molecule has 0 radical (unpaired) electrons. The number of aromatic nitrogens is 1. The highest BCUT2D eigenvalue weighted by Crippen LogP contribution is 2.29. The van der Waals surface area contributed by atoms with Crippen molar-refractivity contribution in [3.8, 4) is 11.5 Å². The molecule has 1 fully saturated rings. The van der Waals surface area contributed by atoms with Gasteiger partial charge in [0, 0.05) is 47.6 Å². The Morgan fingerprint density at radius 1 is 1.22 bits per heavy atom. The number of hydrogen-bond acceptors (Lipinski definition) is 7. The monoisotopic (exact) mass is 635 g/mol. The average molecular weight is 635 g/mol. The quantitative estimate of drug-likeness (QED) is 0.300. The zero-order valence-corrected chi connectivity index (χ0v) is 23.2. The predicted molar refractivity (Wildman–Crippen MR) is 140 cm³/mol. The summed E-state index contributed by atoms with van der Waals surface area (Å²) in [5.41, 5.74) is 1.05. The van der Waals surface area contributed by atoms with Crippen LogP contribution in [-0.4, -0.2) is 86.5 Å². The molecule has 1 aliphatic heterocycles. The van der Waals surface area contributed by atoms with Crippen molar-refractivity contribution in [3.63, 3.8) is 0 Å². The lowest BCUT2D eigenvalue weighted by Crippen LogP contribution is -2.46. The number of nitrogens with one attached hydrogen (secondary N) is 1. The molecule has 1 saturated heterocycles. The van der Waals surface area contributed by atoms with E-state index in [1.165, 1.54) is 16.9 Å². The fraction of sp³-hybridized carbons (Fsp3) is 0.478. The van der Waals surface area contributed by atoms with E-state index in [0.717, 1.165) is 9.83 Å². The van der Waals surface area contributed by atoms with Crippen LogP contribution in [0.3, 0.4) is 0 Å². The van der Waals surface area contributed by atoms with E-state index in [0.29, 0.717) is 35.6 Å². The first-order valence-electron chi connectivity index (χ1n) is 11.2. The molecule has 2 heterocycles. The van der Waals surface area contributed by atoms with Gasteiger partial charge in [-0.1, -0.05) is 0 Å². The molecule has 0 bridgehead atoms. The Morgan fingerprint density at radius 3 is 2.44 bits per heavy atom. The lowest BCUT2D eigenvalue weighted by atomic mass is 9.91. The lowest BCUT2D eigenvalue weighted by molar-refractivity contribution is 0.0410. The summed E-state index contributed by atoms with van der Waals surface area (Å²) in [5, 5.41) is 9.27. The predicted octanol–water partition coefficient (Wildman–Crippen LogP) is 3.01. The van der Waals surface area contributed by atoms with Crippen LogP contribution in [-0.2, 0) is 20.8 Å². The molecule has 0 spiro atoms. The number of amides is 2. The van der Waals surface area contributed by atoms with Crippen molar-refractivity contribution < 1.29 is 36.8 Å². The van der Waals surface area contributed by atoms with Crippen molar-refractivity contribution in [2.24, 2.45) is 5.92 Å². The van der Waals surface area contributed by atoms with E-state index in [2.05, 4.69) is 27.6 Å². The van der Waals surface area contributed by atoms with Crippen molar-refractivity contribution in [2.75, 3.05) is 40.1 Å². The summed E-state index contributed by atoms with van der Waals surface area (Å²) in [6.45, 7) is 0.630. The van der Waals surface area contributed by atoms with Crippen molar-refractivity contribution in [2.45, 2.75) is 25.5 Å². The van der Waals surface area contributed by atoms with E-state index in [4.69, 9.17) is 13.7 Å². The molecule has 0 aliphatic carbocycles. The van der Waals surface area contributed by atoms with E-state index in [1.807, 2.05) is 0 Å². The molecular formula is C23H30IN3O8S. The minimum atomic E-state index is -3.85. The zero-order valence-electron chi connectivity index (χ0n) is 20.3. The maximum absolute atomic E-state index is 13.5. The molecular weight excluding hydrogens is 605 g/mol. The van der Waals surface area contributed by atoms with Gasteiger partial charge in [0.1, 0.15) is 17.2 Å². The fourth-order valence-electron chi connectivity index (χ4n) is 4.23. The smallest absolute Gasteiger partial charge is 0.407 e. The number of rotatable bonds is 10. The van der Waals surface area contributed by atoms with Crippen LogP contribution in [0.4, 0.5) is 4.79 Å². The van der Waals surface area contributed by atoms with Crippen LogP contribution in [0.25, 0.3) is 0 Å². The van der Waals surface area contributed by atoms with E-state index < -0.39 is 22.3 Å². The van der Waals surface area contributed by atoms with Crippen LogP contribution < -0.4 is 9.47 Å². The third kappa shape index (κ3) is 7.49. The summed E-state index contributed by atoms with van der Waals surface area (Å²) in [5.74, 6) is 0.521. The second-order valence-corrected chi connectivity index (χ2v) is 11.4. The number of H-pyrrole nitrogens is 1. The van der Waals surface area contributed by atoms with Gasteiger partial charge in [0.25, 0.3) is 16.0 Å². The van der Waals surface area contributed by atoms with Crippen LogP contribution in [0.2, 0.25) is 0 Å². The number of carbonyl (C=O) groups excluding carboxylic acids is 1. The number of methoxy groups -OCH3 is 2. The zero-order chi connectivity index (χ0) is 26.5. The molecule has 2 aromatic rings. The molecule has 1 aliphatic rings. The highest BCUT2D eigenvalue weighted by molar-refractivity contribution is 14.1. The highest BCUT2D eigenvalue weighted by Gasteiger charge is 2.34. The molecule has 3 rings (SSSR count). The van der Waals surface area contributed by atoms with Gasteiger partial charge in [0.15, 0.2) is 0 Å². The standard InChI is InChI=1S/C23H30IN3O8S/c1-33-18-5-4-16(20(11-18)34-2)13-27(22(28)19-10-17(24)12-25-19)14-21(35-36(3,31)32)15-6-8-26(9-7-15)23(29)30/h4-5,10-12,15,21,25H,6-9,13-14H2,1-3H3,(H,29,30). The normalized spacial score (nSPS) is 15.4. The first-order chi connectivity index (χ1) is 17.0. The summed E-state index contributed by atoms with van der Waals surface area (Å²) in [6.07, 6.45) is 1.64. The first kappa shape index (κ1) is 28.1. The van der Waals surface area contributed by atoms with Crippen molar-refractivity contribution in [1.29, 1.82) is 0 Å². The summed E-state index contributed by atoms with van der Waals surface area (Å²) in [4.78, 5) is 30.6. The molecule has 1 atom stereocenters. The van der Waals surface area contributed by atoms with Gasteiger partial charge in [-0.25, -0.2) is 4.79 Å². The Bertz CT molecular complexity index is 1180. The van der Waals surface area contributed by atoms with E-state index in [-0.39, 0.29) is 38.0 Å². The Balaban J connectivity index is 1.92. The average Bonchev–Trinajstić information content (AvgIpc) is 3.28. The molecule has 13 heteroatoms. The number of carboxylic acid groups (broad SMARTS) is 1. The second-order valence-electron chi connectivity index (χ2n) is 8.54. The van der Waals surface area contributed by atoms with E-state index >= 15 is 0 Å². The van der Waals surface area contributed by atoms with E-state index in [1.54, 1.807) is 37.6 Å². The second kappa shape index (κ2) is 12.1. The third-order valence-electron chi connectivity index (χ3n) is 6.06. The Morgan fingerprint density at radius 2 is 1.92 bits per heavy atom. The molecule has 0 saturated carbocycles. The van der Waals surface area contributed by atoms with Crippen LogP contribution in [0.1, 0.15) is 28.9 Å². The van der Waals surface area contributed by atoms with Gasteiger partial charge in [-0.15, -0.1) is 0 Å². The van der Waals surface area contributed by atoms with Crippen LogP contribution >= 0.6 is 22.6 Å². The number of nitrogens with zero attached hydrogens (tertiary/aromatic N) is 2. The number of hydrogen-bond donors (Lipinski definition) is 2. The molecule has 36 heavy (non-hydrogen) atoms. The van der Waals surface area contributed by atoms with Crippen molar-refractivity contribution in [1.82, 2.24) is 14.8 Å². The Kier molecular flexibility index (Phi) is 9.47. The van der Waals surface area contributed by atoms with Gasteiger partial charge in [-0.3, -0.25) is 8.98 Å². The van der Waals surface area contributed by atoms with Crippen LogP contribution in [0.5, 0.6) is 11.5 Å². The van der Waals surface area contributed by atoms with E-state index in [9.17, 15) is 23.1 Å². The Labute approximate surface area is 224 Å². The number of likely N-dealkylation sites (tertiary alicyclic amines) is 1. The van der Waals surface area contributed by atoms with Gasteiger partial charge in [-0.05, 0) is 59.5 Å². The van der Waals surface area contributed by atoms with Crippen LogP contribution in [0, 0.1) is 9.49 Å². The van der Waals surface area contributed by atoms with Gasteiger partial charge < -0.3 is 29.4 Å². The lowest BCUT2D eigenvalue weighted by Gasteiger charge is -2.36. The Hall–Kier alpha value is -2.52. The number of carbonyl (C=O) groups is 2. The number of piperidine rings is 1. The summed E-state index contributed by atoms with van der Waals surface area (Å²) >= 11 is 2.09. The first-order valence-corrected chi connectivity index (χ1v) is 14.1. The van der Waals surface area contributed by atoms with Gasteiger partial charge in [-0.2, -0.15) is 8.42 Å². The summed E-state index contributed by atoms with van der Waals surface area (Å²) in [7, 11) is -0.788. The number of aromatic amines is 1. The molecule has 1 aromatic heterocycles. The largest absolute Gasteiger partial charge is 0.497 e. The molecule has 198 valence electrons. The van der Waals surface area contributed by atoms with Crippen LogP contribution in [0.15, 0.2) is 30.5 Å². The number of halogens is 1. The maximum atomic E-state index is 13.5. The topological polar surface area (TPSA) is 138 Å².